The van der Waals surface area contributed by atoms with Crippen LogP contribution < -0.4 is 0 Å². The van der Waals surface area contributed by atoms with E-state index < -0.39 is 0 Å². The summed E-state index contributed by atoms with van der Waals surface area (Å²) in [6.07, 6.45) is 3.80. The van der Waals surface area contributed by atoms with Crippen LogP contribution >= 0.6 is 15.9 Å². The van der Waals surface area contributed by atoms with Crippen LogP contribution in [0.4, 0.5) is 4.39 Å². The number of hydrogen-bond acceptors (Lipinski definition) is 1. The molecule has 1 aromatic carbocycles. The Morgan fingerprint density at radius 3 is 2.71 bits per heavy atom. The van der Waals surface area contributed by atoms with Crippen molar-refractivity contribution < 1.29 is 9.13 Å². The first kappa shape index (κ1) is 12.4. The van der Waals surface area contributed by atoms with Gasteiger partial charge in [-0.25, -0.2) is 4.39 Å². The molecule has 1 aliphatic carbocycles. The van der Waals surface area contributed by atoms with Crippen LogP contribution in [0.2, 0.25) is 0 Å². The maximum Gasteiger partial charge on any atom is 0.132 e. The predicted octanol–water partition coefficient (Wildman–Crippen LogP) is 4.69. The zero-order valence-electron chi connectivity index (χ0n) is 9.89. The Hall–Kier alpha value is -1.09. The van der Waals surface area contributed by atoms with E-state index in [2.05, 4.69) is 22.9 Å². The van der Waals surface area contributed by atoms with Gasteiger partial charge in [0, 0.05) is 22.0 Å². The summed E-state index contributed by atoms with van der Waals surface area (Å²) in [5.74, 6) is 0.622. The lowest BCUT2D eigenvalue weighted by Crippen LogP contribution is -2.02. The molecule has 0 spiro atoms. The number of halogens is 2. The number of hydrogen-bond donors (Lipinski definition) is 0. The molecule has 3 heteroatoms. The highest BCUT2D eigenvalue weighted by atomic mass is 79.9. The molecule has 2 rings (SSSR count). The Balaban J connectivity index is 2.62. The zero-order valence-corrected chi connectivity index (χ0v) is 11.5. The highest BCUT2D eigenvalue weighted by molar-refractivity contribution is 9.10. The molecule has 0 atom stereocenters. The summed E-state index contributed by atoms with van der Waals surface area (Å²) in [6, 6.07) is 5.00. The number of ether oxygens (including phenoxy) is 1. The third-order valence-electron chi connectivity index (χ3n) is 2.92. The lowest BCUT2D eigenvalue weighted by Gasteiger charge is -2.19. The van der Waals surface area contributed by atoms with Gasteiger partial charge >= 0.3 is 0 Å². The molecule has 17 heavy (non-hydrogen) atoms. The van der Waals surface area contributed by atoms with Gasteiger partial charge in [-0.2, -0.15) is 0 Å². The van der Waals surface area contributed by atoms with Crippen molar-refractivity contribution in [2.75, 3.05) is 7.11 Å². The molecule has 0 aromatic heterocycles. The molecular weight excluding hydrogens is 283 g/mol. The summed E-state index contributed by atoms with van der Waals surface area (Å²) in [7, 11) is 1.64. The summed E-state index contributed by atoms with van der Waals surface area (Å²) >= 11 is 3.40. The quantitative estimate of drug-likeness (QED) is 0.769. The van der Waals surface area contributed by atoms with Crippen molar-refractivity contribution in [2.24, 2.45) is 0 Å². The molecule has 0 heterocycles. The van der Waals surface area contributed by atoms with Crippen LogP contribution in [0.15, 0.2) is 40.1 Å². The van der Waals surface area contributed by atoms with Crippen LogP contribution in [0, 0.1) is 5.82 Å². The van der Waals surface area contributed by atoms with Gasteiger partial charge in [0.15, 0.2) is 0 Å². The van der Waals surface area contributed by atoms with Crippen molar-refractivity contribution in [1.29, 1.82) is 0 Å². The first-order chi connectivity index (χ1) is 8.13. The van der Waals surface area contributed by atoms with E-state index in [1.807, 2.05) is 12.1 Å². The lowest BCUT2D eigenvalue weighted by atomic mass is 9.93. The van der Waals surface area contributed by atoms with Gasteiger partial charge in [-0.1, -0.05) is 33.6 Å². The average molecular weight is 297 g/mol. The second kappa shape index (κ2) is 5.05. The highest BCUT2D eigenvalue weighted by Crippen LogP contribution is 2.36. The van der Waals surface area contributed by atoms with Crippen LogP contribution in [0.5, 0.6) is 0 Å². The molecule has 0 saturated heterocycles. The first-order valence-electron chi connectivity index (χ1n) is 5.52. The number of benzene rings is 1. The molecule has 90 valence electrons. The first-order valence-corrected chi connectivity index (χ1v) is 6.31. The molecule has 0 N–H and O–H groups in total. The number of methoxy groups -OCH3 is 1. The topological polar surface area (TPSA) is 9.23 Å². The Morgan fingerprint density at radius 1 is 1.29 bits per heavy atom. The van der Waals surface area contributed by atoms with E-state index in [9.17, 15) is 4.39 Å². The van der Waals surface area contributed by atoms with Crippen molar-refractivity contribution in [1.82, 2.24) is 0 Å². The van der Waals surface area contributed by atoms with Gasteiger partial charge < -0.3 is 4.74 Å². The molecule has 0 radical (unpaired) electrons. The fraction of sp³-hybridized carbons (Fsp3) is 0.286. The van der Waals surface area contributed by atoms with E-state index in [4.69, 9.17) is 4.74 Å². The van der Waals surface area contributed by atoms with Gasteiger partial charge in [0.2, 0.25) is 0 Å². The third kappa shape index (κ3) is 2.44. The fourth-order valence-electron chi connectivity index (χ4n) is 2.02. The Bertz CT molecular complexity index is 483. The van der Waals surface area contributed by atoms with Crippen LogP contribution in [-0.4, -0.2) is 7.11 Å². The van der Waals surface area contributed by atoms with Gasteiger partial charge in [-0.05, 0) is 25.5 Å². The molecule has 0 saturated carbocycles. The Labute approximate surface area is 109 Å². The maximum absolute atomic E-state index is 13.9. The molecule has 0 amide bonds. The van der Waals surface area contributed by atoms with E-state index in [-0.39, 0.29) is 5.82 Å². The van der Waals surface area contributed by atoms with E-state index in [0.29, 0.717) is 5.56 Å². The second-order valence-corrected chi connectivity index (χ2v) is 4.98. The van der Waals surface area contributed by atoms with Crippen molar-refractivity contribution in [3.05, 3.63) is 51.5 Å². The molecule has 0 aliphatic heterocycles. The van der Waals surface area contributed by atoms with E-state index in [0.717, 1.165) is 28.6 Å². The van der Waals surface area contributed by atoms with Gasteiger partial charge in [-0.15, -0.1) is 0 Å². The van der Waals surface area contributed by atoms with Gasteiger partial charge in [0.05, 0.1) is 7.11 Å². The monoisotopic (exact) mass is 296 g/mol. The van der Waals surface area contributed by atoms with E-state index in [1.54, 1.807) is 13.2 Å². The van der Waals surface area contributed by atoms with E-state index >= 15 is 0 Å². The zero-order chi connectivity index (χ0) is 12.4. The van der Waals surface area contributed by atoms with Gasteiger partial charge in [0.1, 0.15) is 11.6 Å². The lowest BCUT2D eigenvalue weighted by molar-refractivity contribution is 0.278. The standard InChI is InChI=1S/C14H14BrFO/c1-9-6-7-13(17-2)10(8-9)14-11(15)4-3-5-12(14)16/h3-5,8H,6-7H2,1-2H3. The summed E-state index contributed by atoms with van der Waals surface area (Å²) in [5.41, 5.74) is 2.68. The van der Waals surface area contributed by atoms with Crippen LogP contribution in [0.3, 0.4) is 0 Å². The molecule has 0 unspecified atom stereocenters. The number of allylic oxidation sites excluding steroid dienone is 4. The summed E-state index contributed by atoms with van der Waals surface area (Å²) in [5, 5.41) is 0. The van der Waals surface area contributed by atoms with Gasteiger partial charge in [-0.3, -0.25) is 0 Å². The predicted molar refractivity (Wildman–Crippen MR) is 71.0 cm³/mol. The number of rotatable bonds is 2. The highest BCUT2D eigenvalue weighted by Gasteiger charge is 2.18. The normalized spacial score (nSPS) is 15.9. The average Bonchev–Trinajstić information content (AvgIpc) is 2.29. The summed E-state index contributed by atoms with van der Waals surface area (Å²) in [6.45, 7) is 2.06. The van der Waals surface area contributed by atoms with Crippen LogP contribution in [-0.2, 0) is 4.74 Å². The largest absolute Gasteiger partial charge is 0.500 e. The summed E-state index contributed by atoms with van der Waals surface area (Å²) in [4.78, 5) is 0. The van der Waals surface area contributed by atoms with Crippen molar-refractivity contribution in [2.45, 2.75) is 19.8 Å². The minimum absolute atomic E-state index is 0.227. The minimum atomic E-state index is -0.227. The Kier molecular flexibility index (Phi) is 3.67. The maximum atomic E-state index is 13.9. The summed E-state index contributed by atoms with van der Waals surface area (Å²) < 4.78 is 20.0. The van der Waals surface area contributed by atoms with Crippen molar-refractivity contribution in [3.8, 4) is 0 Å². The van der Waals surface area contributed by atoms with Crippen LogP contribution in [0.1, 0.15) is 25.3 Å². The molecule has 1 aromatic rings. The van der Waals surface area contributed by atoms with Gasteiger partial charge in [0.25, 0.3) is 0 Å². The fourth-order valence-corrected chi connectivity index (χ4v) is 2.58. The molecule has 1 aliphatic rings. The minimum Gasteiger partial charge on any atom is -0.500 e. The molecule has 1 nitrogen and oxygen atoms in total. The smallest absolute Gasteiger partial charge is 0.132 e. The van der Waals surface area contributed by atoms with Crippen molar-refractivity contribution >= 4 is 21.5 Å². The molecular formula is C14H14BrFO. The third-order valence-corrected chi connectivity index (χ3v) is 3.58. The van der Waals surface area contributed by atoms with Crippen LogP contribution in [0.25, 0.3) is 5.57 Å². The van der Waals surface area contributed by atoms with E-state index in [1.165, 1.54) is 11.6 Å². The Morgan fingerprint density at radius 2 is 2.06 bits per heavy atom. The second-order valence-electron chi connectivity index (χ2n) is 4.13. The van der Waals surface area contributed by atoms with Crippen molar-refractivity contribution in [3.63, 3.8) is 0 Å². The SMILES string of the molecule is COC1=C(c2c(F)cccc2Br)C=C(C)CC1. The molecule has 0 bridgehead atoms. The molecule has 0 fully saturated rings.